The Balaban J connectivity index is 1.19. The van der Waals surface area contributed by atoms with Gasteiger partial charge in [-0.3, -0.25) is 4.98 Å². The van der Waals surface area contributed by atoms with Crippen molar-refractivity contribution in [2.24, 2.45) is 0 Å². The molecule has 10 rings (SSSR count). The number of rotatable bonds is 5. The molecule has 10 aromatic rings. The second kappa shape index (κ2) is 12.4. The molecule has 0 spiro atoms. The molecule has 0 aliphatic carbocycles. The van der Waals surface area contributed by atoms with Crippen LogP contribution in [0, 0.1) is 0 Å². The van der Waals surface area contributed by atoms with Crippen molar-refractivity contribution in [1.82, 2.24) is 19.9 Å². The Kier molecular flexibility index (Phi) is 7.10. The third-order valence-corrected chi connectivity index (χ3v) is 9.85. The SMILES string of the molecule is c1ccc(-c2nc(-c3cccnc3)nc(-c3cc(-c4ccc5cc6ccccc6cc5c4)cc(-c4ccc5cc6ccccc6cc5c4)c3)n2)cc1. The summed E-state index contributed by atoms with van der Waals surface area (Å²) in [6.07, 6.45) is 3.56. The summed E-state index contributed by atoms with van der Waals surface area (Å²) in [5.74, 6) is 1.81. The molecule has 242 valence electrons. The summed E-state index contributed by atoms with van der Waals surface area (Å²) in [7, 11) is 0. The molecule has 8 aromatic carbocycles. The van der Waals surface area contributed by atoms with Crippen LogP contribution in [-0.4, -0.2) is 19.9 Å². The highest BCUT2D eigenvalue weighted by Crippen LogP contribution is 2.36. The van der Waals surface area contributed by atoms with Gasteiger partial charge in [0.2, 0.25) is 0 Å². The smallest absolute Gasteiger partial charge is 0.165 e. The molecule has 2 heterocycles. The number of fused-ring (bicyclic) bond motifs is 4. The first-order valence-electron chi connectivity index (χ1n) is 17.4. The summed E-state index contributed by atoms with van der Waals surface area (Å²) >= 11 is 0. The predicted octanol–water partition coefficient (Wildman–Crippen LogP) is 12.2. The van der Waals surface area contributed by atoms with Gasteiger partial charge in [-0.15, -0.1) is 0 Å². The van der Waals surface area contributed by atoms with Crippen LogP contribution in [0.3, 0.4) is 0 Å². The van der Waals surface area contributed by atoms with Gasteiger partial charge in [-0.25, -0.2) is 15.0 Å². The Morgan fingerprint density at radius 2 is 0.673 bits per heavy atom. The molecule has 4 heteroatoms. The first-order valence-corrected chi connectivity index (χ1v) is 17.4. The zero-order valence-corrected chi connectivity index (χ0v) is 28.1. The summed E-state index contributed by atoms with van der Waals surface area (Å²) in [6.45, 7) is 0. The fourth-order valence-corrected chi connectivity index (χ4v) is 7.17. The minimum absolute atomic E-state index is 0.582. The summed E-state index contributed by atoms with van der Waals surface area (Å²) in [4.78, 5) is 19.4. The average Bonchev–Trinajstić information content (AvgIpc) is 3.22. The maximum atomic E-state index is 5.09. The van der Waals surface area contributed by atoms with E-state index in [2.05, 4.69) is 132 Å². The highest BCUT2D eigenvalue weighted by atomic mass is 15.0. The van der Waals surface area contributed by atoms with Crippen molar-refractivity contribution in [2.75, 3.05) is 0 Å². The molecule has 52 heavy (non-hydrogen) atoms. The Hall–Kier alpha value is -7.04. The first kappa shape index (κ1) is 29.8. The Morgan fingerprint density at radius 3 is 1.19 bits per heavy atom. The van der Waals surface area contributed by atoms with Gasteiger partial charge < -0.3 is 0 Å². The van der Waals surface area contributed by atoms with Gasteiger partial charge >= 0.3 is 0 Å². The number of pyridine rings is 1. The molecular formula is C48H30N4. The van der Waals surface area contributed by atoms with E-state index in [1.54, 1.807) is 12.4 Å². The molecule has 0 fully saturated rings. The van der Waals surface area contributed by atoms with E-state index >= 15 is 0 Å². The Morgan fingerprint density at radius 1 is 0.250 bits per heavy atom. The van der Waals surface area contributed by atoms with Crippen molar-refractivity contribution in [3.05, 3.63) is 182 Å². The van der Waals surface area contributed by atoms with E-state index in [1.165, 1.54) is 43.1 Å². The van der Waals surface area contributed by atoms with E-state index in [0.717, 1.165) is 38.9 Å². The highest BCUT2D eigenvalue weighted by molar-refractivity contribution is 6.01. The maximum absolute atomic E-state index is 5.09. The van der Waals surface area contributed by atoms with Crippen LogP contribution < -0.4 is 0 Å². The lowest BCUT2D eigenvalue weighted by molar-refractivity contribution is 1.07. The summed E-state index contributed by atoms with van der Waals surface area (Å²) in [5.41, 5.74) is 7.11. The fraction of sp³-hybridized carbons (Fsp3) is 0. The van der Waals surface area contributed by atoms with E-state index in [1.807, 2.05) is 42.5 Å². The lowest BCUT2D eigenvalue weighted by Crippen LogP contribution is -2.00. The van der Waals surface area contributed by atoms with Gasteiger partial charge in [0.1, 0.15) is 0 Å². The van der Waals surface area contributed by atoms with Crippen molar-refractivity contribution < 1.29 is 0 Å². The largest absolute Gasteiger partial charge is 0.264 e. The molecule has 4 nitrogen and oxygen atoms in total. The van der Waals surface area contributed by atoms with Crippen LogP contribution in [-0.2, 0) is 0 Å². The number of hydrogen-bond acceptors (Lipinski definition) is 4. The molecule has 0 saturated carbocycles. The second-order valence-corrected chi connectivity index (χ2v) is 13.2. The lowest BCUT2D eigenvalue weighted by Gasteiger charge is -2.13. The summed E-state index contributed by atoms with van der Waals surface area (Å²) in [6, 6.07) is 60.3. The van der Waals surface area contributed by atoms with Crippen LogP contribution in [0.2, 0.25) is 0 Å². The quantitative estimate of drug-likeness (QED) is 0.172. The monoisotopic (exact) mass is 662 g/mol. The normalized spacial score (nSPS) is 11.5. The van der Waals surface area contributed by atoms with Crippen LogP contribution >= 0.6 is 0 Å². The van der Waals surface area contributed by atoms with E-state index in [9.17, 15) is 0 Å². The topological polar surface area (TPSA) is 51.6 Å². The molecule has 0 bridgehead atoms. The van der Waals surface area contributed by atoms with Crippen LogP contribution in [0.5, 0.6) is 0 Å². The molecule has 0 aliphatic rings. The molecule has 0 unspecified atom stereocenters. The maximum Gasteiger partial charge on any atom is 0.165 e. The first-order chi connectivity index (χ1) is 25.7. The van der Waals surface area contributed by atoms with Crippen molar-refractivity contribution in [3.63, 3.8) is 0 Å². The Bertz CT molecular complexity index is 2760. The molecule has 0 amide bonds. The third kappa shape index (κ3) is 5.53. The number of benzene rings is 8. The molecule has 0 radical (unpaired) electrons. The number of hydrogen-bond donors (Lipinski definition) is 0. The van der Waals surface area contributed by atoms with Crippen molar-refractivity contribution in [2.45, 2.75) is 0 Å². The molecular weight excluding hydrogens is 633 g/mol. The third-order valence-electron chi connectivity index (χ3n) is 9.85. The predicted molar refractivity (Wildman–Crippen MR) is 215 cm³/mol. The zero-order chi connectivity index (χ0) is 34.4. The van der Waals surface area contributed by atoms with Gasteiger partial charge in [0.05, 0.1) is 0 Å². The zero-order valence-electron chi connectivity index (χ0n) is 28.1. The van der Waals surface area contributed by atoms with Gasteiger partial charge in [-0.1, -0.05) is 103 Å². The second-order valence-electron chi connectivity index (χ2n) is 13.2. The van der Waals surface area contributed by atoms with E-state index in [0.29, 0.717) is 17.5 Å². The highest BCUT2D eigenvalue weighted by Gasteiger charge is 2.16. The van der Waals surface area contributed by atoms with E-state index < -0.39 is 0 Å². The fourth-order valence-electron chi connectivity index (χ4n) is 7.17. The van der Waals surface area contributed by atoms with E-state index in [-0.39, 0.29) is 0 Å². The van der Waals surface area contributed by atoms with Crippen LogP contribution in [0.1, 0.15) is 0 Å². The standard InChI is InChI=1S/C48H30N4/c1-2-9-31(10-3-1)46-50-47(40-15-8-20-49-30-40)52-48(51-46)45-28-43(38-18-16-36-21-32-11-4-6-13-34(32)23-41(36)25-38)27-44(29-45)39-19-17-37-22-33-12-5-7-14-35(33)24-42(37)26-39/h1-30H. The number of aromatic nitrogens is 4. The van der Waals surface area contributed by atoms with Gasteiger partial charge in [-0.05, 0) is 132 Å². The number of nitrogens with zero attached hydrogens (tertiary/aromatic N) is 4. The van der Waals surface area contributed by atoms with Crippen molar-refractivity contribution in [1.29, 1.82) is 0 Å². The van der Waals surface area contributed by atoms with Crippen LogP contribution in [0.25, 0.3) is 99.5 Å². The van der Waals surface area contributed by atoms with Gasteiger partial charge in [0, 0.05) is 29.1 Å². The van der Waals surface area contributed by atoms with E-state index in [4.69, 9.17) is 15.0 Å². The van der Waals surface area contributed by atoms with Gasteiger partial charge in [0.25, 0.3) is 0 Å². The minimum atomic E-state index is 0.582. The van der Waals surface area contributed by atoms with Crippen LogP contribution in [0.4, 0.5) is 0 Å². The van der Waals surface area contributed by atoms with Gasteiger partial charge in [-0.2, -0.15) is 0 Å². The minimum Gasteiger partial charge on any atom is -0.264 e. The van der Waals surface area contributed by atoms with Crippen molar-refractivity contribution in [3.8, 4) is 56.4 Å². The molecule has 0 saturated heterocycles. The lowest BCUT2D eigenvalue weighted by atomic mass is 9.92. The average molecular weight is 663 g/mol. The van der Waals surface area contributed by atoms with Gasteiger partial charge in [0.15, 0.2) is 17.5 Å². The molecule has 2 aromatic heterocycles. The summed E-state index contributed by atoms with van der Waals surface area (Å²) in [5, 5.41) is 9.77. The Labute approximate surface area is 300 Å². The molecule has 0 aliphatic heterocycles. The molecule has 0 atom stereocenters. The molecule has 0 N–H and O–H groups in total. The van der Waals surface area contributed by atoms with Crippen molar-refractivity contribution >= 4 is 43.1 Å². The summed E-state index contributed by atoms with van der Waals surface area (Å²) < 4.78 is 0. The van der Waals surface area contributed by atoms with Crippen LogP contribution in [0.15, 0.2) is 182 Å².